The van der Waals surface area contributed by atoms with Crippen molar-refractivity contribution in [2.24, 2.45) is 5.73 Å². The molecule has 0 bridgehead atoms. The van der Waals surface area contributed by atoms with E-state index in [0.717, 1.165) is 18.4 Å². The molecule has 2 rings (SSSR count). The largest absolute Gasteiger partial charge is 0.493 e. The minimum absolute atomic E-state index is 0.169. The fourth-order valence-electron chi connectivity index (χ4n) is 2.41. The van der Waals surface area contributed by atoms with E-state index in [2.05, 4.69) is 0 Å². The van der Waals surface area contributed by atoms with Crippen molar-refractivity contribution in [3.8, 4) is 11.5 Å². The zero-order chi connectivity index (χ0) is 13.9. The van der Waals surface area contributed by atoms with Crippen LogP contribution in [-0.4, -0.2) is 24.9 Å². The second-order valence-corrected chi connectivity index (χ2v) is 5.37. The van der Waals surface area contributed by atoms with Gasteiger partial charge in [0, 0.05) is 6.54 Å². The number of nitrogens with two attached hydrogens (primary N) is 1. The summed E-state index contributed by atoms with van der Waals surface area (Å²) < 4.78 is 11.3. The van der Waals surface area contributed by atoms with Gasteiger partial charge in [-0.15, -0.1) is 0 Å². The molecule has 0 spiro atoms. The molecular weight excluding hydrogens is 242 g/mol. The van der Waals surface area contributed by atoms with E-state index in [4.69, 9.17) is 15.2 Å². The minimum atomic E-state index is -1.04. The third kappa shape index (κ3) is 3.19. The van der Waals surface area contributed by atoms with Gasteiger partial charge in [-0.05, 0) is 50.3 Å². The molecule has 0 unspecified atom stereocenters. The highest BCUT2D eigenvalue weighted by Gasteiger charge is 2.24. The van der Waals surface area contributed by atoms with Gasteiger partial charge in [-0.3, -0.25) is 0 Å². The summed E-state index contributed by atoms with van der Waals surface area (Å²) in [5.74, 6) is 1.39. The van der Waals surface area contributed by atoms with Gasteiger partial charge in [-0.1, -0.05) is 6.07 Å². The Balaban J connectivity index is 2.25. The predicted molar refractivity (Wildman–Crippen MR) is 74.5 cm³/mol. The van der Waals surface area contributed by atoms with Gasteiger partial charge in [0.05, 0.1) is 18.8 Å². The van der Waals surface area contributed by atoms with Crippen molar-refractivity contribution >= 4 is 0 Å². The van der Waals surface area contributed by atoms with Gasteiger partial charge in [0.2, 0.25) is 0 Å². The molecule has 0 heterocycles. The Labute approximate surface area is 114 Å². The van der Waals surface area contributed by atoms with Crippen LogP contribution in [0.2, 0.25) is 0 Å². The van der Waals surface area contributed by atoms with Gasteiger partial charge >= 0.3 is 0 Å². The molecule has 4 heteroatoms. The first-order valence-electron chi connectivity index (χ1n) is 6.84. The zero-order valence-electron chi connectivity index (χ0n) is 11.7. The third-order valence-corrected chi connectivity index (χ3v) is 3.78. The van der Waals surface area contributed by atoms with E-state index in [1.807, 2.05) is 18.2 Å². The summed E-state index contributed by atoms with van der Waals surface area (Å²) in [4.78, 5) is 0. The summed E-state index contributed by atoms with van der Waals surface area (Å²) in [5.41, 5.74) is 5.31. The van der Waals surface area contributed by atoms with E-state index in [9.17, 15) is 5.11 Å². The van der Waals surface area contributed by atoms with E-state index in [1.54, 1.807) is 14.0 Å². The fraction of sp³-hybridized carbons (Fsp3) is 0.600. The molecule has 1 aromatic carbocycles. The highest BCUT2D eigenvalue weighted by atomic mass is 16.5. The molecular formula is C15H23NO3. The Kier molecular flexibility index (Phi) is 4.32. The molecule has 1 aliphatic carbocycles. The molecule has 106 valence electrons. The van der Waals surface area contributed by atoms with Crippen molar-refractivity contribution in [1.29, 1.82) is 0 Å². The molecule has 3 N–H and O–H groups in total. The highest BCUT2D eigenvalue weighted by Crippen LogP contribution is 2.34. The first kappa shape index (κ1) is 14.2. The summed E-state index contributed by atoms with van der Waals surface area (Å²) >= 11 is 0. The van der Waals surface area contributed by atoms with Crippen molar-refractivity contribution in [1.82, 2.24) is 0 Å². The molecule has 0 aliphatic heterocycles. The normalized spacial score (nSPS) is 19.2. The van der Waals surface area contributed by atoms with Crippen LogP contribution in [0.4, 0.5) is 0 Å². The van der Waals surface area contributed by atoms with Crippen LogP contribution >= 0.6 is 0 Å². The molecule has 0 radical (unpaired) electrons. The fourth-order valence-corrected chi connectivity index (χ4v) is 2.41. The van der Waals surface area contributed by atoms with Gasteiger partial charge < -0.3 is 20.3 Å². The van der Waals surface area contributed by atoms with E-state index in [-0.39, 0.29) is 12.6 Å². The second-order valence-electron chi connectivity index (χ2n) is 5.37. The highest BCUT2D eigenvalue weighted by molar-refractivity contribution is 5.44. The van der Waals surface area contributed by atoms with Crippen molar-refractivity contribution in [2.75, 3.05) is 13.7 Å². The first-order chi connectivity index (χ1) is 9.06. The van der Waals surface area contributed by atoms with Crippen LogP contribution in [0, 0.1) is 0 Å². The number of rotatable bonds is 5. The van der Waals surface area contributed by atoms with Crippen LogP contribution < -0.4 is 15.2 Å². The average Bonchev–Trinajstić information content (AvgIpc) is 2.91. The number of hydrogen-bond acceptors (Lipinski definition) is 4. The molecule has 19 heavy (non-hydrogen) atoms. The Bertz CT molecular complexity index is 425. The maximum atomic E-state index is 10.2. The van der Waals surface area contributed by atoms with Crippen LogP contribution in [0.3, 0.4) is 0 Å². The van der Waals surface area contributed by atoms with E-state index < -0.39 is 5.60 Å². The number of benzene rings is 1. The lowest BCUT2D eigenvalue weighted by Crippen LogP contribution is -2.31. The van der Waals surface area contributed by atoms with Crippen LogP contribution in [0.15, 0.2) is 18.2 Å². The molecule has 4 nitrogen and oxygen atoms in total. The summed E-state index contributed by atoms with van der Waals surface area (Å²) in [6.45, 7) is 1.87. The first-order valence-corrected chi connectivity index (χ1v) is 6.84. The van der Waals surface area contributed by atoms with E-state index in [1.165, 1.54) is 12.8 Å². The molecule has 0 aromatic heterocycles. The lowest BCUT2D eigenvalue weighted by molar-refractivity contribution is 0.0662. The van der Waals surface area contributed by atoms with Crippen LogP contribution in [0.1, 0.15) is 38.2 Å². The molecule has 1 aromatic rings. The van der Waals surface area contributed by atoms with Gasteiger partial charge in [-0.2, -0.15) is 0 Å². The summed E-state index contributed by atoms with van der Waals surface area (Å²) in [6, 6.07) is 5.49. The lowest BCUT2D eigenvalue weighted by atomic mass is 9.96. The summed E-state index contributed by atoms with van der Waals surface area (Å²) in [6.07, 6.45) is 4.86. The van der Waals surface area contributed by atoms with E-state index >= 15 is 0 Å². The summed E-state index contributed by atoms with van der Waals surface area (Å²) in [7, 11) is 1.62. The molecule has 0 amide bonds. The molecule has 1 atom stereocenters. The number of ether oxygens (including phenoxy) is 2. The lowest BCUT2D eigenvalue weighted by Gasteiger charge is -2.24. The standard InChI is InChI=1S/C15H23NO3/c1-15(17,10-16)11-7-8-13(18-2)14(9-11)19-12-5-3-4-6-12/h7-9,12,17H,3-6,10,16H2,1-2H3/t15-/m0/s1. The number of aliphatic hydroxyl groups is 1. The minimum Gasteiger partial charge on any atom is -0.493 e. The van der Waals surface area contributed by atoms with Crippen molar-refractivity contribution in [3.63, 3.8) is 0 Å². The Morgan fingerprint density at radius 2 is 2.00 bits per heavy atom. The quantitative estimate of drug-likeness (QED) is 0.856. The predicted octanol–water partition coefficient (Wildman–Crippen LogP) is 2.18. The Morgan fingerprint density at radius 1 is 1.32 bits per heavy atom. The molecule has 1 aliphatic rings. The topological polar surface area (TPSA) is 64.7 Å². The van der Waals surface area contributed by atoms with Gasteiger partial charge in [0.15, 0.2) is 11.5 Å². The van der Waals surface area contributed by atoms with Crippen molar-refractivity contribution < 1.29 is 14.6 Å². The second kappa shape index (κ2) is 5.80. The SMILES string of the molecule is COc1ccc([C@@](C)(O)CN)cc1OC1CCCC1. The van der Waals surface area contributed by atoms with E-state index in [0.29, 0.717) is 11.5 Å². The van der Waals surface area contributed by atoms with Gasteiger partial charge in [0.1, 0.15) is 0 Å². The molecule has 1 fully saturated rings. The van der Waals surface area contributed by atoms with Crippen LogP contribution in [0.25, 0.3) is 0 Å². The smallest absolute Gasteiger partial charge is 0.161 e. The Morgan fingerprint density at radius 3 is 2.58 bits per heavy atom. The average molecular weight is 265 g/mol. The number of hydrogen-bond donors (Lipinski definition) is 2. The Hall–Kier alpha value is -1.26. The maximum absolute atomic E-state index is 10.2. The third-order valence-electron chi connectivity index (χ3n) is 3.78. The maximum Gasteiger partial charge on any atom is 0.161 e. The van der Waals surface area contributed by atoms with Gasteiger partial charge in [-0.25, -0.2) is 0 Å². The van der Waals surface area contributed by atoms with Gasteiger partial charge in [0.25, 0.3) is 0 Å². The van der Waals surface area contributed by atoms with Crippen LogP contribution in [0.5, 0.6) is 11.5 Å². The monoisotopic (exact) mass is 265 g/mol. The molecule has 0 saturated heterocycles. The van der Waals surface area contributed by atoms with Crippen molar-refractivity contribution in [2.45, 2.75) is 44.3 Å². The summed E-state index contributed by atoms with van der Waals surface area (Å²) in [5, 5.41) is 10.2. The van der Waals surface area contributed by atoms with Crippen molar-refractivity contribution in [3.05, 3.63) is 23.8 Å². The number of methoxy groups -OCH3 is 1. The zero-order valence-corrected chi connectivity index (χ0v) is 11.7. The molecule has 1 saturated carbocycles. The van der Waals surface area contributed by atoms with Crippen LogP contribution in [-0.2, 0) is 5.60 Å².